The average molecular weight is 1330 g/mol. The molecule has 4 N–H and O–H groups in total. The number of nitrogens with one attached hydrogen (secondary N) is 2. The van der Waals surface area contributed by atoms with Gasteiger partial charge in [0.15, 0.2) is 0 Å². The topological polar surface area (TPSA) is 237 Å². The highest BCUT2D eigenvalue weighted by atomic mass is 35.5. The summed E-state index contributed by atoms with van der Waals surface area (Å²) in [5.74, 6) is -1.29. The summed E-state index contributed by atoms with van der Waals surface area (Å²) in [4.78, 5) is 86.1. The van der Waals surface area contributed by atoms with Crippen LogP contribution in [0, 0.1) is 23.3 Å². The Balaban J connectivity index is 0.000000177. The second-order valence-corrected chi connectivity index (χ2v) is 25.6. The van der Waals surface area contributed by atoms with E-state index in [1.807, 2.05) is 81.9 Å². The molecule has 93 heavy (non-hydrogen) atoms. The zero-order valence-corrected chi connectivity index (χ0v) is 55.1. The fourth-order valence-electron chi connectivity index (χ4n) is 10.3. The van der Waals surface area contributed by atoms with Gasteiger partial charge in [-0.2, -0.15) is 0 Å². The SMILES string of the molecule is CC(C)(C)OC(=O)N1CCN(c2ccc(N)cc2F)CC1.CC(C)(C)OC(=O)N1CCN(c2ccc(N3CCOC3=O)cc2F)CC1.CC(C)(C)OC(=O)N1CCN(c2ccc(NC(=O)OCCCl)cc2F)CC1.O=C1OCCN1c1ccc(N2CCNCC2)c(F)c1. The fourth-order valence-corrected chi connectivity index (χ4v) is 10.4. The first-order valence-corrected chi connectivity index (χ1v) is 31.5. The third kappa shape index (κ3) is 21.5. The third-order valence-electron chi connectivity index (χ3n) is 14.8. The number of nitrogens with two attached hydrogens (primary N) is 1. The van der Waals surface area contributed by atoms with E-state index in [2.05, 4.69) is 10.6 Å². The highest BCUT2D eigenvalue weighted by Gasteiger charge is 2.32. The first kappa shape index (κ1) is 71.9. The molecule has 0 radical (unpaired) electrons. The molecular weight excluding hydrogens is 1240 g/mol. The van der Waals surface area contributed by atoms with Crippen LogP contribution in [0.25, 0.3) is 0 Å². The minimum Gasteiger partial charge on any atom is -0.448 e. The van der Waals surface area contributed by atoms with Crippen LogP contribution in [0.2, 0.25) is 0 Å². The van der Waals surface area contributed by atoms with Crippen molar-refractivity contribution in [1.29, 1.82) is 0 Å². The molecule has 6 aliphatic heterocycles. The van der Waals surface area contributed by atoms with E-state index >= 15 is 0 Å². The Hall–Kier alpha value is -8.53. The molecule has 0 aromatic heterocycles. The van der Waals surface area contributed by atoms with Gasteiger partial charge in [-0.15, -0.1) is 11.6 Å². The molecule has 6 fully saturated rings. The van der Waals surface area contributed by atoms with Crippen LogP contribution >= 0.6 is 11.6 Å². The van der Waals surface area contributed by atoms with Crippen molar-refractivity contribution in [1.82, 2.24) is 20.0 Å². The zero-order valence-electron chi connectivity index (χ0n) is 54.4. The quantitative estimate of drug-likeness (QED) is 0.0611. The van der Waals surface area contributed by atoms with Gasteiger partial charge >= 0.3 is 36.6 Å². The molecule has 10 rings (SSSR count). The van der Waals surface area contributed by atoms with E-state index < -0.39 is 46.7 Å². The molecule has 510 valence electrons. The van der Waals surface area contributed by atoms with E-state index in [0.717, 1.165) is 26.2 Å². The van der Waals surface area contributed by atoms with Gasteiger partial charge in [0.05, 0.1) is 53.1 Å². The van der Waals surface area contributed by atoms with Gasteiger partial charge in [-0.1, -0.05) is 0 Å². The van der Waals surface area contributed by atoms with Crippen LogP contribution in [0.3, 0.4) is 0 Å². The van der Waals surface area contributed by atoms with Crippen molar-refractivity contribution >= 4 is 93.7 Å². The van der Waals surface area contributed by atoms with Gasteiger partial charge in [0.1, 0.15) is 59.9 Å². The Morgan fingerprint density at radius 3 is 1.16 bits per heavy atom. The zero-order chi connectivity index (χ0) is 67.8. The molecule has 0 saturated carbocycles. The summed E-state index contributed by atoms with van der Waals surface area (Å²) in [5, 5.41) is 5.68. The highest BCUT2D eigenvalue weighted by Crippen LogP contribution is 2.31. The average Bonchev–Trinajstić information content (AvgIpc) is 1.79. The van der Waals surface area contributed by atoms with Crippen molar-refractivity contribution in [3.05, 3.63) is 96.1 Å². The van der Waals surface area contributed by atoms with Gasteiger partial charge in [-0.25, -0.2) is 46.3 Å². The molecular formula is C64H87ClF4N12O12. The first-order chi connectivity index (χ1) is 43.9. The summed E-state index contributed by atoms with van der Waals surface area (Å²) in [6.07, 6.45) is -2.58. The summed E-state index contributed by atoms with van der Waals surface area (Å²) < 4.78 is 87.7. The van der Waals surface area contributed by atoms with E-state index in [9.17, 15) is 46.3 Å². The molecule has 0 aliphatic carbocycles. The number of carbonyl (C=O) groups excluding carboxylic acids is 6. The van der Waals surface area contributed by atoms with Crippen LogP contribution in [-0.4, -0.2) is 212 Å². The van der Waals surface area contributed by atoms with Gasteiger partial charge in [0.25, 0.3) is 0 Å². The Kier molecular flexibility index (Phi) is 25.0. The van der Waals surface area contributed by atoms with E-state index in [4.69, 9.17) is 45.8 Å². The highest BCUT2D eigenvalue weighted by molar-refractivity contribution is 6.18. The lowest BCUT2D eigenvalue weighted by Crippen LogP contribution is -2.50. The van der Waals surface area contributed by atoms with Crippen LogP contribution in [0.1, 0.15) is 62.3 Å². The normalized spacial score (nSPS) is 17.0. The molecule has 6 amide bonds. The molecule has 4 aromatic carbocycles. The molecule has 24 nitrogen and oxygen atoms in total. The minimum absolute atomic E-state index is 0.0792. The number of anilines is 8. The van der Waals surface area contributed by atoms with Crippen LogP contribution in [0.15, 0.2) is 72.8 Å². The molecule has 0 bridgehead atoms. The van der Waals surface area contributed by atoms with Crippen LogP contribution in [0.5, 0.6) is 0 Å². The maximum atomic E-state index is 14.6. The number of hydrogen-bond donors (Lipinski definition) is 3. The van der Waals surface area contributed by atoms with Crippen molar-refractivity contribution < 1.29 is 74.8 Å². The first-order valence-electron chi connectivity index (χ1n) is 30.9. The van der Waals surface area contributed by atoms with E-state index in [0.29, 0.717) is 150 Å². The van der Waals surface area contributed by atoms with Gasteiger partial charge in [-0.05, 0) is 135 Å². The lowest BCUT2D eigenvalue weighted by molar-refractivity contribution is 0.0230. The Morgan fingerprint density at radius 1 is 0.495 bits per heavy atom. The number of piperazine rings is 4. The van der Waals surface area contributed by atoms with Crippen LogP contribution in [-0.2, 0) is 28.4 Å². The molecule has 6 saturated heterocycles. The van der Waals surface area contributed by atoms with Crippen molar-refractivity contribution in [2.24, 2.45) is 0 Å². The predicted molar refractivity (Wildman–Crippen MR) is 348 cm³/mol. The lowest BCUT2D eigenvalue weighted by atomic mass is 10.2. The summed E-state index contributed by atoms with van der Waals surface area (Å²) in [5.41, 5.74) is 7.70. The summed E-state index contributed by atoms with van der Waals surface area (Å²) in [6, 6.07) is 18.7. The van der Waals surface area contributed by atoms with Crippen molar-refractivity contribution in [2.75, 3.05) is 184 Å². The monoisotopic (exact) mass is 1330 g/mol. The number of hydrogen-bond acceptors (Lipinski definition) is 18. The Bertz CT molecular complexity index is 3220. The largest absolute Gasteiger partial charge is 0.448 e. The molecule has 0 spiro atoms. The third-order valence-corrected chi connectivity index (χ3v) is 14.9. The standard InChI is InChI=1S/C18H25ClFN3O4.C18H24FN3O4.C15H22FN3O2.C13H16FN3O2/c1-18(2,3)27-17(25)23-9-7-22(8-10-23)15-5-4-13(12-14(15)20)21-16(24)26-11-6-19;1-18(2,3)26-16(23)21-8-6-20(7-9-21)15-5-4-13(12-14(15)19)22-10-11-25-17(22)24;1-15(2,3)21-14(20)19-8-6-18(7-9-19)13-5-4-11(17)10-12(13)16;14-11-9-10(17-7-8-19-13(17)18)1-2-12(11)16-5-3-15-4-6-16/h4-5,12H,6-11H2,1-3H3,(H,21,24);4-5,12H,6-11H2,1-3H3;4-5,10H,6-9,17H2,1-3H3;1-2,9,15H,3-8H2. The molecule has 4 aromatic rings. The second-order valence-electron chi connectivity index (χ2n) is 25.2. The Morgan fingerprint density at radius 2 is 0.839 bits per heavy atom. The molecule has 6 heterocycles. The van der Waals surface area contributed by atoms with Crippen molar-refractivity contribution in [3.63, 3.8) is 0 Å². The van der Waals surface area contributed by atoms with Crippen LogP contribution < -0.4 is 45.8 Å². The number of nitrogens with zero attached hydrogens (tertiary/aromatic N) is 9. The number of rotatable bonds is 9. The van der Waals surface area contributed by atoms with Gasteiger partial charge < -0.3 is 73.8 Å². The summed E-state index contributed by atoms with van der Waals surface area (Å²) in [7, 11) is 0. The van der Waals surface area contributed by atoms with E-state index in [1.54, 1.807) is 63.2 Å². The number of carbonyl (C=O) groups is 6. The van der Waals surface area contributed by atoms with Gasteiger partial charge in [-0.3, -0.25) is 15.1 Å². The minimum atomic E-state index is -0.686. The molecule has 0 atom stereocenters. The van der Waals surface area contributed by atoms with Crippen molar-refractivity contribution in [3.8, 4) is 0 Å². The maximum absolute atomic E-state index is 14.6. The number of halogens is 5. The lowest BCUT2D eigenvalue weighted by Gasteiger charge is -2.37. The number of ether oxygens (including phenoxy) is 6. The van der Waals surface area contributed by atoms with E-state index in [-0.39, 0.29) is 42.4 Å². The smallest absolute Gasteiger partial charge is 0.414 e. The van der Waals surface area contributed by atoms with Gasteiger partial charge in [0.2, 0.25) is 0 Å². The number of cyclic esters (lactones) is 2. The number of nitrogen functional groups attached to an aromatic ring is 1. The Labute approximate surface area is 545 Å². The second kappa shape index (κ2) is 32.4. The number of benzene rings is 4. The number of amides is 6. The maximum Gasteiger partial charge on any atom is 0.414 e. The summed E-state index contributed by atoms with van der Waals surface area (Å²) >= 11 is 5.44. The molecule has 6 aliphatic rings. The molecule has 29 heteroatoms. The van der Waals surface area contributed by atoms with E-state index in [1.165, 1.54) is 34.1 Å². The predicted octanol–water partition coefficient (Wildman–Crippen LogP) is 10.2. The van der Waals surface area contributed by atoms with Gasteiger partial charge in [0, 0.05) is 116 Å². The van der Waals surface area contributed by atoms with Crippen LogP contribution in [0.4, 0.5) is 91.8 Å². The molecule has 0 unspecified atom stereocenters. The van der Waals surface area contributed by atoms with Crippen molar-refractivity contribution in [2.45, 2.75) is 79.1 Å². The number of alkyl halides is 1. The summed E-state index contributed by atoms with van der Waals surface area (Å²) in [6.45, 7) is 27.4. The fraction of sp³-hybridized carbons (Fsp3) is 0.531.